The first-order chi connectivity index (χ1) is 17.8. The predicted molar refractivity (Wildman–Crippen MR) is 149 cm³/mol. The average Bonchev–Trinajstić information content (AvgIpc) is 2.88. The van der Waals surface area contributed by atoms with Gasteiger partial charge < -0.3 is 4.90 Å². The van der Waals surface area contributed by atoms with Crippen LogP contribution in [0.3, 0.4) is 0 Å². The second-order valence-corrected chi connectivity index (χ2v) is 10.1. The molecule has 1 unspecified atom stereocenters. The van der Waals surface area contributed by atoms with Crippen molar-refractivity contribution in [1.29, 1.82) is 0 Å². The van der Waals surface area contributed by atoms with Crippen LogP contribution in [0, 0.1) is 5.82 Å². The Labute approximate surface area is 224 Å². The smallest absolute Gasteiger partial charge is 0.266 e. The largest absolute Gasteiger partial charge is 0.331 e. The standard InChI is InChI=1S/C29H38ClFN4O2/c1-4-5-6-7-8-9-10-15-27(36)34(21-20-33(3)30)22(2)28-32-26-14-12-11-13-25(26)29(37)35(28)24-18-16-23(31)17-19-24/h11-14,16-19,22H,4-10,15,20-21H2,1-3H3. The summed E-state index contributed by atoms with van der Waals surface area (Å²) in [4.78, 5) is 33.6. The minimum Gasteiger partial charge on any atom is -0.331 e. The molecule has 6 nitrogen and oxygen atoms in total. The number of aromatic nitrogens is 2. The van der Waals surface area contributed by atoms with Gasteiger partial charge in [0.25, 0.3) is 5.56 Å². The summed E-state index contributed by atoms with van der Waals surface area (Å²) in [5.74, 6) is 0.0462. The van der Waals surface area contributed by atoms with Gasteiger partial charge in [-0.2, -0.15) is 0 Å². The number of hydrogen-bond donors (Lipinski definition) is 0. The number of para-hydroxylation sites is 1. The molecule has 0 spiro atoms. The Morgan fingerprint density at radius 1 is 1.00 bits per heavy atom. The van der Waals surface area contributed by atoms with Crippen molar-refractivity contribution in [1.82, 2.24) is 18.9 Å². The molecule has 1 atom stereocenters. The number of amides is 1. The first-order valence-electron chi connectivity index (χ1n) is 13.3. The average molecular weight is 529 g/mol. The summed E-state index contributed by atoms with van der Waals surface area (Å²) in [5, 5.41) is 0.462. The highest BCUT2D eigenvalue weighted by Gasteiger charge is 2.26. The van der Waals surface area contributed by atoms with E-state index in [0.29, 0.717) is 41.9 Å². The highest BCUT2D eigenvalue weighted by Crippen LogP contribution is 2.24. The molecule has 3 aromatic rings. The molecule has 8 heteroatoms. The Morgan fingerprint density at radius 3 is 2.32 bits per heavy atom. The lowest BCUT2D eigenvalue weighted by molar-refractivity contribution is -0.133. The van der Waals surface area contributed by atoms with Gasteiger partial charge in [-0.3, -0.25) is 14.2 Å². The van der Waals surface area contributed by atoms with Gasteiger partial charge >= 0.3 is 0 Å². The third-order valence-corrected chi connectivity index (χ3v) is 6.86. The second kappa shape index (κ2) is 14.2. The molecule has 0 aliphatic carbocycles. The van der Waals surface area contributed by atoms with Gasteiger partial charge in [-0.25, -0.2) is 13.8 Å². The van der Waals surface area contributed by atoms with Gasteiger partial charge in [0.1, 0.15) is 11.6 Å². The second-order valence-electron chi connectivity index (χ2n) is 9.57. The topological polar surface area (TPSA) is 58.4 Å². The Hall–Kier alpha value is -2.77. The van der Waals surface area contributed by atoms with Crippen LogP contribution in [0.4, 0.5) is 4.39 Å². The molecule has 3 rings (SSSR count). The molecule has 0 radical (unpaired) electrons. The predicted octanol–water partition coefficient (Wildman–Crippen LogP) is 6.64. The van der Waals surface area contributed by atoms with Crippen molar-refractivity contribution in [3.05, 3.63) is 70.5 Å². The SMILES string of the molecule is CCCCCCCCCC(=O)N(CCN(C)Cl)C(C)c1nc2ccccc2c(=O)n1-c1ccc(F)cc1. The van der Waals surface area contributed by atoms with E-state index in [1.165, 1.54) is 46.8 Å². The molecule has 0 saturated heterocycles. The van der Waals surface area contributed by atoms with E-state index in [0.717, 1.165) is 19.3 Å². The van der Waals surface area contributed by atoms with Crippen molar-refractivity contribution in [3.8, 4) is 5.69 Å². The lowest BCUT2D eigenvalue weighted by Gasteiger charge is -2.31. The number of unbranched alkanes of at least 4 members (excludes halogenated alkanes) is 6. The number of halogens is 2. The molecule has 2 aromatic carbocycles. The van der Waals surface area contributed by atoms with E-state index in [4.69, 9.17) is 16.8 Å². The summed E-state index contributed by atoms with van der Waals surface area (Å²) < 4.78 is 16.7. The van der Waals surface area contributed by atoms with Crippen LogP contribution in [0.1, 0.15) is 77.1 Å². The number of likely N-dealkylation sites (N-methyl/N-ethyl adjacent to an activating group) is 1. The molecule has 1 heterocycles. The highest BCUT2D eigenvalue weighted by atomic mass is 35.5. The first kappa shape index (κ1) is 28.8. The number of carbonyl (C=O) groups excluding carboxylic acids is 1. The van der Waals surface area contributed by atoms with Crippen LogP contribution in [-0.4, -0.2) is 44.9 Å². The highest BCUT2D eigenvalue weighted by molar-refractivity contribution is 6.13. The third kappa shape index (κ3) is 7.86. The molecule has 1 amide bonds. The lowest BCUT2D eigenvalue weighted by atomic mass is 10.1. The van der Waals surface area contributed by atoms with Crippen LogP contribution in [-0.2, 0) is 4.79 Å². The van der Waals surface area contributed by atoms with Crippen molar-refractivity contribution in [3.63, 3.8) is 0 Å². The molecule has 0 bridgehead atoms. The fourth-order valence-electron chi connectivity index (χ4n) is 4.57. The van der Waals surface area contributed by atoms with E-state index in [9.17, 15) is 14.0 Å². The van der Waals surface area contributed by atoms with Crippen molar-refractivity contribution < 1.29 is 9.18 Å². The summed E-state index contributed by atoms with van der Waals surface area (Å²) in [6, 6.07) is 12.4. The quantitative estimate of drug-likeness (QED) is 0.174. The molecule has 200 valence electrons. The van der Waals surface area contributed by atoms with Crippen molar-refractivity contribution in [2.24, 2.45) is 0 Å². The number of hydrogen-bond acceptors (Lipinski definition) is 4. The number of nitrogens with zero attached hydrogens (tertiary/aromatic N) is 4. The van der Waals surface area contributed by atoms with E-state index in [-0.39, 0.29) is 11.5 Å². The van der Waals surface area contributed by atoms with Crippen molar-refractivity contribution in [2.45, 2.75) is 71.3 Å². The Kier molecular flexibility index (Phi) is 11.1. The minimum absolute atomic E-state index is 0.00707. The van der Waals surface area contributed by atoms with E-state index in [1.54, 1.807) is 42.3 Å². The van der Waals surface area contributed by atoms with Crippen molar-refractivity contribution >= 4 is 28.6 Å². The van der Waals surface area contributed by atoms with Crippen LogP contribution in [0.15, 0.2) is 53.3 Å². The molecule has 0 saturated carbocycles. The van der Waals surface area contributed by atoms with Crippen LogP contribution in [0.5, 0.6) is 0 Å². The molecule has 0 N–H and O–H groups in total. The maximum absolute atomic E-state index is 13.7. The maximum atomic E-state index is 13.7. The zero-order valence-electron chi connectivity index (χ0n) is 22.1. The first-order valence-corrected chi connectivity index (χ1v) is 13.6. The Morgan fingerprint density at radius 2 is 1.65 bits per heavy atom. The summed E-state index contributed by atoms with van der Waals surface area (Å²) in [6.45, 7) is 4.94. The van der Waals surface area contributed by atoms with E-state index in [1.807, 2.05) is 13.0 Å². The zero-order valence-corrected chi connectivity index (χ0v) is 22.9. The van der Waals surface area contributed by atoms with Crippen molar-refractivity contribution in [2.75, 3.05) is 20.1 Å². The Balaban J connectivity index is 1.93. The van der Waals surface area contributed by atoms with Gasteiger partial charge in [-0.15, -0.1) is 0 Å². The van der Waals surface area contributed by atoms with Gasteiger partial charge in [0, 0.05) is 26.6 Å². The van der Waals surface area contributed by atoms with Gasteiger partial charge in [0.05, 0.1) is 22.6 Å². The molecular formula is C29H38ClFN4O2. The van der Waals surface area contributed by atoms with Crippen LogP contribution in [0.25, 0.3) is 16.6 Å². The Bertz CT molecular complexity index is 1210. The molecular weight excluding hydrogens is 491 g/mol. The third-order valence-electron chi connectivity index (χ3n) is 6.69. The number of fused-ring (bicyclic) bond motifs is 1. The van der Waals surface area contributed by atoms with Crippen LogP contribution >= 0.6 is 11.8 Å². The summed E-state index contributed by atoms with van der Waals surface area (Å²) in [6.07, 6.45) is 8.30. The molecule has 0 aliphatic heterocycles. The van der Waals surface area contributed by atoms with Gasteiger partial charge in [-0.1, -0.05) is 57.6 Å². The van der Waals surface area contributed by atoms with Gasteiger partial charge in [0.2, 0.25) is 5.91 Å². The summed E-state index contributed by atoms with van der Waals surface area (Å²) in [5.41, 5.74) is 0.801. The maximum Gasteiger partial charge on any atom is 0.266 e. The normalized spacial score (nSPS) is 12.3. The van der Waals surface area contributed by atoms with Crippen LogP contribution < -0.4 is 5.56 Å². The lowest BCUT2D eigenvalue weighted by Crippen LogP contribution is -2.40. The van der Waals surface area contributed by atoms with E-state index >= 15 is 0 Å². The molecule has 0 fully saturated rings. The number of benzene rings is 2. The van der Waals surface area contributed by atoms with E-state index < -0.39 is 11.9 Å². The summed E-state index contributed by atoms with van der Waals surface area (Å²) in [7, 11) is 1.74. The fraction of sp³-hybridized carbons (Fsp3) is 0.483. The number of rotatable bonds is 14. The van der Waals surface area contributed by atoms with Crippen LogP contribution in [0.2, 0.25) is 0 Å². The molecule has 37 heavy (non-hydrogen) atoms. The molecule has 0 aliphatic rings. The fourth-order valence-corrected chi connectivity index (χ4v) is 4.64. The van der Waals surface area contributed by atoms with E-state index in [2.05, 4.69) is 6.92 Å². The minimum atomic E-state index is -0.504. The van der Waals surface area contributed by atoms with Gasteiger partial charge in [0.15, 0.2) is 0 Å². The monoisotopic (exact) mass is 528 g/mol. The number of carbonyl (C=O) groups is 1. The van der Waals surface area contributed by atoms with Gasteiger partial charge in [-0.05, 0) is 61.5 Å². The molecule has 1 aromatic heterocycles. The zero-order chi connectivity index (χ0) is 26.8. The summed E-state index contributed by atoms with van der Waals surface area (Å²) >= 11 is 6.10.